The number of hydrogen-bond donors (Lipinski definition) is 0. The van der Waals surface area contributed by atoms with E-state index in [4.69, 9.17) is 0 Å². The summed E-state index contributed by atoms with van der Waals surface area (Å²) in [5.74, 6) is 0. The Bertz CT molecular complexity index is 3200. The van der Waals surface area contributed by atoms with E-state index in [9.17, 15) is 0 Å². The van der Waals surface area contributed by atoms with Crippen LogP contribution in [0.25, 0.3) is 93.5 Å². The Labute approximate surface area is 352 Å². The first-order valence-electron chi connectivity index (χ1n) is 21.0. The van der Waals surface area contributed by atoms with Crippen molar-refractivity contribution in [2.45, 2.75) is 12.8 Å². The van der Waals surface area contributed by atoms with Crippen molar-refractivity contribution in [2.75, 3.05) is 0 Å². The monoisotopic (exact) mass is 762 g/mol. The maximum Gasteiger partial charge on any atom is -0.00233 e. The Morgan fingerprint density at radius 1 is 0.250 bits per heavy atom. The van der Waals surface area contributed by atoms with Crippen molar-refractivity contribution < 1.29 is 0 Å². The SMILES string of the molecule is C1=C(c2ccc(-c3ccc(-c4ccc5ccccc5c4)cc3)cc2)CCC(c2cccc(-c3ccccc3)c2)=C1c1c2ccccc2c(-c2ccccc2)c2ccccc12. The van der Waals surface area contributed by atoms with Gasteiger partial charge in [0.25, 0.3) is 0 Å². The summed E-state index contributed by atoms with van der Waals surface area (Å²) in [5, 5.41) is 7.65. The van der Waals surface area contributed by atoms with Crippen LogP contribution in [0.5, 0.6) is 0 Å². The highest BCUT2D eigenvalue weighted by atomic mass is 14.3. The molecule has 0 heterocycles. The molecule has 0 nitrogen and oxygen atoms in total. The second-order valence-corrected chi connectivity index (χ2v) is 15.9. The van der Waals surface area contributed by atoms with Crippen LogP contribution in [-0.2, 0) is 0 Å². The molecule has 282 valence electrons. The van der Waals surface area contributed by atoms with Crippen molar-refractivity contribution in [1.82, 2.24) is 0 Å². The molecule has 0 heteroatoms. The molecule has 0 bridgehead atoms. The van der Waals surface area contributed by atoms with Crippen LogP contribution in [0.2, 0.25) is 0 Å². The van der Waals surface area contributed by atoms with E-state index < -0.39 is 0 Å². The van der Waals surface area contributed by atoms with Gasteiger partial charge >= 0.3 is 0 Å². The second-order valence-electron chi connectivity index (χ2n) is 15.9. The van der Waals surface area contributed by atoms with E-state index in [-0.39, 0.29) is 0 Å². The van der Waals surface area contributed by atoms with Gasteiger partial charge in [-0.25, -0.2) is 0 Å². The van der Waals surface area contributed by atoms with Crippen molar-refractivity contribution in [2.24, 2.45) is 0 Å². The molecule has 1 aliphatic carbocycles. The first-order valence-corrected chi connectivity index (χ1v) is 21.0. The van der Waals surface area contributed by atoms with Gasteiger partial charge in [0.1, 0.15) is 0 Å². The van der Waals surface area contributed by atoms with E-state index in [1.165, 1.54) is 110 Å². The third-order valence-corrected chi connectivity index (χ3v) is 12.4. The molecule has 10 aromatic rings. The zero-order valence-electron chi connectivity index (χ0n) is 33.4. The van der Waals surface area contributed by atoms with E-state index in [1.54, 1.807) is 0 Å². The molecule has 0 radical (unpaired) electrons. The average molecular weight is 763 g/mol. The maximum absolute atomic E-state index is 2.51. The molecule has 60 heavy (non-hydrogen) atoms. The predicted octanol–water partition coefficient (Wildman–Crippen LogP) is 16.6. The van der Waals surface area contributed by atoms with E-state index in [1.807, 2.05) is 0 Å². The fourth-order valence-corrected chi connectivity index (χ4v) is 9.43. The highest BCUT2D eigenvalue weighted by Crippen LogP contribution is 2.48. The molecule has 10 aromatic carbocycles. The standard InChI is InChI=1S/C60H42/c1-3-14-41(15-4-1)49-20-13-21-52(39-49)53-37-36-51(46-32-28-44(29-33-46)43-26-30-45(31-27-43)50-35-34-42-16-7-8-19-48(42)38-50)40-58(53)60-56-24-11-9-22-54(56)59(47-17-5-2-6-18-47)55-23-10-12-25-57(55)60/h1-35,38-40H,36-37H2. The van der Waals surface area contributed by atoms with Gasteiger partial charge in [-0.1, -0.05) is 218 Å². The Kier molecular flexibility index (Phi) is 9.10. The van der Waals surface area contributed by atoms with Crippen LogP contribution in [-0.4, -0.2) is 0 Å². The molecule has 1 aliphatic rings. The smallest absolute Gasteiger partial charge is 0.00233 e. The van der Waals surface area contributed by atoms with E-state index >= 15 is 0 Å². The van der Waals surface area contributed by atoms with Crippen LogP contribution in [0.3, 0.4) is 0 Å². The average Bonchev–Trinajstić information content (AvgIpc) is 3.33. The van der Waals surface area contributed by atoms with Crippen LogP contribution >= 0.6 is 0 Å². The van der Waals surface area contributed by atoms with Gasteiger partial charge in [-0.3, -0.25) is 0 Å². The number of fused-ring (bicyclic) bond motifs is 3. The second kappa shape index (κ2) is 15.3. The van der Waals surface area contributed by atoms with Crippen LogP contribution in [0.15, 0.2) is 231 Å². The third kappa shape index (κ3) is 6.53. The molecule has 0 saturated carbocycles. The molecular weight excluding hydrogens is 721 g/mol. The molecule has 0 amide bonds. The van der Waals surface area contributed by atoms with Crippen LogP contribution in [0.4, 0.5) is 0 Å². The molecule has 0 saturated heterocycles. The summed E-state index contributed by atoms with van der Waals surface area (Å²) in [7, 11) is 0. The molecular formula is C60H42. The number of benzene rings is 10. The Balaban J connectivity index is 1.04. The number of allylic oxidation sites excluding steroid dienone is 4. The Morgan fingerprint density at radius 3 is 1.32 bits per heavy atom. The molecule has 0 aromatic heterocycles. The van der Waals surface area contributed by atoms with Gasteiger partial charge in [-0.2, -0.15) is 0 Å². The molecule has 0 N–H and O–H groups in total. The summed E-state index contributed by atoms with van der Waals surface area (Å²) >= 11 is 0. The fourth-order valence-electron chi connectivity index (χ4n) is 9.43. The van der Waals surface area contributed by atoms with E-state index in [0.717, 1.165) is 12.8 Å². The fraction of sp³-hybridized carbons (Fsp3) is 0.0333. The maximum atomic E-state index is 2.51. The van der Waals surface area contributed by atoms with Gasteiger partial charge < -0.3 is 0 Å². The lowest BCUT2D eigenvalue weighted by molar-refractivity contribution is 1.08. The van der Waals surface area contributed by atoms with Crippen molar-refractivity contribution in [3.63, 3.8) is 0 Å². The van der Waals surface area contributed by atoms with Crippen molar-refractivity contribution in [1.29, 1.82) is 0 Å². The van der Waals surface area contributed by atoms with Crippen molar-refractivity contribution in [3.05, 3.63) is 247 Å². The summed E-state index contributed by atoms with van der Waals surface area (Å²) in [6, 6.07) is 82.4. The van der Waals surface area contributed by atoms with Gasteiger partial charge in [-0.05, 0) is 135 Å². The minimum atomic E-state index is 0.945. The topological polar surface area (TPSA) is 0 Å². The molecule has 0 atom stereocenters. The van der Waals surface area contributed by atoms with Gasteiger partial charge in [-0.15, -0.1) is 0 Å². The third-order valence-electron chi connectivity index (χ3n) is 12.4. The summed E-state index contributed by atoms with van der Waals surface area (Å²) in [5.41, 5.74) is 17.9. The first-order chi connectivity index (χ1) is 29.7. The van der Waals surface area contributed by atoms with Crippen molar-refractivity contribution >= 4 is 49.0 Å². The Hall–Kier alpha value is -7.54. The summed E-state index contributed by atoms with van der Waals surface area (Å²) < 4.78 is 0. The lowest BCUT2D eigenvalue weighted by Gasteiger charge is -2.25. The summed E-state index contributed by atoms with van der Waals surface area (Å²) in [6.45, 7) is 0. The first kappa shape index (κ1) is 35.6. The quantitative estimate of drug-likeness (QED) is 0.142. The van der Waals surface area contributed by atoms with Gasteiger partial charge in [0, 0.05) is 0 Å². The zero-order chi connectivity index (χ0) is 39.8. The van der Waals surface area contributed by atoms with Gasteiger partial charge in [0.15, 0.2) is 0 Å². The lowest BCUT2D eigenvalue weighted by atomic mass is 9.78. The predicted molar refractivity (Wildman–Crippen MR) is 258 cm³/mol. The van der Waals surface area contributed by atoms with Crippen LogP contribution < -0.4 is 0 Å². The minimum Gasteiger partial charge on any atom is -0.0622 e. The largest absolute Gasteiger partial charge is 0.0622 e. The summed E-state index contributed by atoms with van der Waals surface area (Å²) in [4.78, 5) is 0. The molecule has 11 rings (SSSR count). The van der Waals surface area contributed by atoms with E-state index in [2.05, 4.69) is 231 Å². The van der Waals surface area contributed by atoms with Crippen LogP contribution in [0.1, 0.15) is 29.5 Å². The minimum absolute atomic E-state index is 0.945. The highest BCUT2D eigenvalue weighted by Gasteiger charge is 2.23. The highest BCUT2D eigenvalue weighted by molar-refractivity contribution is 6.22. The molecule has 0 spiro atoms. The summed E-state index contributed by atoms with van der Waals surface area (Å²) in [6.07, 6.45) is 4.42. The van der Waals surface area contributed by atoms with E-state index in [0.29, 0.717) is 0 Å². The van der Waals surface area contributed by atoms with Crippen LogP contribution in [0, 0.1) is 0 Å². The molecule has 0 unspecified atom stereocenters. The normalized spacial score (nSPS) is 12.9. The van der Waals surface area contributed by atoms with Crippen molar-refractivity contribution in [3.8, 4) is 44.5 Å². The molecule has 0 aliphatic heterocycles. The zero-order valence-corrected chi connectivity index (χ0v) is 33.4. The lowest BCUT2D eigenvalue weighted by Crippen LogP contribution is -2.02. The Morgan fingerprint density at radius 2 is 0.683 bits per heavy atom. The number of rotatable bonds is 7. The number of hydrogen-bond acceptors (Lipinski definition) is 0. The van der Waals surface area contributed by atoms with Gasteiger partial charge in [0.2, 0.25) is 0 Å². The van der Waals surface area contributed by atoms with Gasteiger partial charge in [0.05, 0.1) is 0 Å². The molecule has 0 fully saturated rings.